The fraction of sp³-hybridized carbons (Fsp3) is 0.364. The Morgan fingerprint density at radius 2 is 1.71 bits per heavy atom. The fourth-order valence-corrected chi connectivity index (χ4v) is 3.06. The summed E-state index contributed by atoms with van der Waals surface area (Å²) in [6.07, 6.45) is 0. The van der Waals surface area contributed by atoms with Crippen molar-refractivity contribution in [2.75, 3.05) is 34.9 Å². The van der Waals surface area contributed by atoms with Gasteiger partial charge >= 0.3 is 0 Å². The predicted molar refractivity (Wildman–Crippen MR) is 136 cm³/mol. The lowest BCUT2D eigenvalue weighted by Crippen LogP contribution is -2.36. The highest BCUT2D eigenvalue weighted by Crippen LogP contribution is 2.36. The first-order valence-electron chi connectivity index (χ1n) is 9.63. The van der Waals surface area contributed by atoms with E-state index in [2.05, 4.69) is 15.6 Å². The summed E-state index contributed by atoms with van der Waals surface area (Å²) in [6, 6.07) is 11.2. The number of ether oxygens (including phenoxy) is 2. The standard InChI is InChI=1S/C22H29ClN4O3.HI/c1-6-30-20-18(23)11-16(12-19(20)29-5)14-26-22(24-2)25-13-15-7-9-17(10-8-15)21(28)27(3)4;/h7-12H,6,13-14H2,1-5H3,(H2,24,25,26);1H. The molecule has 2 rings (SSSR count). The van der Waals surface area contributed by atoms with Gasteiger partial charge in [0.2, 0.25) is 0 Å². The van der Waals surface area contributed by atoms with Gasteiger partial charge in [-0.15, -0.1) is 24.0 Å². The number of hydrogen-bond donors (Lipinski definition) is 2. The van der Waals surface area contributed by atoms with Gasteiger partial charge in [-0.2, -0.15) is 0 Å². The lowest BCUT2D eigenvalue weighted by Gasteiger charge is -2.15. The van der Waals surface area contributed by atoms with Crippen LogP contribution in [0.2, 0.25) is 5.02 Å². The van der Waals surface area contributed by atoms with Crippen molar-refractivity contribution in [3.8, 4) is 11.5 Å². The molecular formula is C22H30ClIN4O3. The molecule has 2 aromatic rings. The lowest BCUT2D eigenvalue weighted by molar-refractivity contribution is 0.0827. The van der Waals surface area contributed by atoms with Crippen LogP contribution < -0.4 is 20.1 Å². The maximum atomic E-state index is 12.0. The Labute approximate surface area is 206 Å². The van der Waals surface area contributed by atoms with Crippen LogP contribution in [0.15, 0.2) is 41.4 Å². The lowest BCUT2D eigenvalue weighted by atomic mass is 10.1. The molecule has 0 aromatic heterocycles. The Balaban J connectivity index is 0.00000480. The molecular weight excluding hydrogens is 531 g/mol. The zero-order valence-corrected chi connectivity index (χ0v) is 21.6. The summed E-state index contributed by atoms with van der Waals surface area (Å²) in [5, 5.41) is 7.01. The van der Waals surface area contributed by atoms with E-state index in [1.54, 1.807) is 33.2 Å². The zero-order valence-electron chi connectivity index (χ0n) is 18.5. The second-order valence-corrected chi connectivity index (χ2v) is 7.13. The average molecular weight is 561 g/mol. The number of carbonyl (C=O) groups excluding carboxylic acids is 1. The molecule has 0 bridgehead atoms. The number of carbonyl (C=O) groups is 1. The summed E-state index contributed by atoms with van der Waals surface area (Å²) >= 11 is 6.33. The van der Waals surface area contributed by atoms with Gasteiger partial charge in [0.15, 0.2) is 17.5 Å². The van der Waals surface area contributed by atoms with Gasteiger partial charge in [-0.3, -0.25) is 9.79 Å². The molecule has 0 spiro atoms. The van der Waals surface area contributed by atoms with Crippen molar-refractivity contribution in [1.29, 1.82) is 0 Å². The van der Waals surface area contributed by atoms with Crippen LogP contribution in [-0.2, 0) is 13.1 Å². The van der Waals surface area contributed by atoms with E-state index in [0.717, 1.165) is 11.1 Å². The van der Waals surface area contributed by atoms with Crippen molar-refractivity contribution in [2.24, 2.45) is 4.99 Å². The molecule has 0 atom stereocenters. The van der Waals surface area contributed by atoms with Gasteiger partial charge < -0.3 is 25.0 Å². The molecule has 0 aliphatic rings. The first-order chi connectivity index (χ1) is 14.4. The first kappa shape index (κ1) is 26.8. The molecule has 7 nitrogen and oxygen atoms in total. The Kier molecular flexibility index (Phi) is 11.5. The number of aliphatic imine (C=N–C) groups is 1. The van der Waals surface area contributed by atoms with E-state index in [1.165, 1.54) is 0 Å². The summed E-state index contributed by atoms with van der Waals surface area (Å²) in [7, 11) is 6.77. The van der Waals surface area contributed by atoms with E-state index < -0.39 is 0 Å². The van der Waals surface area contributed by atoms with Crippen LogP contribution in [0.25, 0.3) is 0 Å². The second-order valence-electron chi connectivity index (χ2n) is 6.72. The number of nitrogens with zero attached hydrogens (tertiary/aromatic N) is 2. The predicted octanol–water partition coefficient (Wildman–Crippen LogP) is 3.93. The topological polar surface area (TPSA) is 75.2 Å². The van der Waals surface area contributed by atoms with Crippen LogP contribution in [0, 0.1) is 0 Å². The van der Waals surface area contributed by atoms with E-state index in [1.807, 2.05) is 43.3 Å². The van der Waals surface area contributed by atoms with Gasteiger partial charge in [-0.1, -0.05) is 23.7 Å². The van der Waals surface area contributed by atoms with E-state index >= 15 is 0 Å². The molecule has 0 heterocycles. The maximum Gasteiger partial charge on any atom is 0.253 e. The molecule has 0 fully saturated rings. The van der Waals surface area contributed by atoms with Gasteiger partial charge in [0.05, 0.1) is 18.7 Å². The highest BCUT2D eigenvalue weighted by atomic mass is 127. The largest absolute Gasteiger partial charge is 0.493 e. The third kappa shape index (κ3) is 7.77. The number of methoxy groups -OCH3 is 1. The number of benzene rings is 2. The van der Waals surface area contributed by atoms with Crippen molar-refractivity contribution in [3.63, 3.8) is 0 Å². The summed E-state index contributed by atoms with van der Waals surface area (Å²) in [4.78, 5) is 17.8. The van der Waals surface area contributed by atoms with Gasteiger partial charge in [-0.05, 0) is 42.3 Å². The molecule has 2 N–H and O–H groups in total. The monoisotopic (exact) mass is 560 g/mol. The Hall–Kier alpha value is -2.20. The van der Waals surface area contributed by atoms with Crippen molar-refractivity contribution in [1.82, 2.24) is 15.5 Å². The molecule has 0 unspecified atom stereocenters. The smallest absolute Gasteiger partial charge is 0.253 e. The highest BCUT2D eigenvalue weighted by molar-refractivity contribution is 14.0. The Bertz CT molecular complexity index is 889. The van der Waals surface area contributed by atoms with Crippen LogP contribution in [0.5, 0.6) is 11.5 Å². The molecule has 170 valence electrons. The van der Waals surface area contributed by atoms with Crippen molar-refractivity contribution < 1.29 is 14.3 Å². The van der Waals surface area contributed by atoms with Crippen molar-refractivity contribution in [2.45, 2.75) is 20.0 Å². The molecule has 0 saturated heterocycles. The van der Waals surface area contributed by atoms with E-state index in [4.69, 9.17) is 21.1 Å². The van der Waals surface area contributed by atoms with Gasteiger partial charge in [0.1, 0.15) is 0 Å². The number of hydrogen-bond acceptors (Lipinski definition) is 4. The second kappa shape index (κ2) is 13.3. The van der Waals surface area contributed by atoms with Crippen LogP contribution >= 0.6 is 35.6 Å². The van der Waals surface area contributed by atoms with Crippen molar-refractivity contribution >= 4 is 47.4 Å². The van der Waals surface area contributed by atoms with Crippen LogP contribution in [0.4, 0.5) is 0 Å². The molecule has 9 heteroatoms. The van der Waals surface area contributed by atoms with E-state index in [-0.39, 0.29) is 29.9 Å². The number of halogens is 2. The third-order valence-electron chi connectivity index (χ3n) is 4.33. The molecule has 0 radical (unpaired) electrons. The SMILES string of the molecule is CCOc1c(Cl)cc(CNC(=NC)NCc2ccc(C(=O)N(C)C)cc2)cc1OC.I. The van der Waals surface area contributed by atoms with E-state index in [0.29, 0.717) is 47.7 Å². The number of nitrogens with one attached hydrogen (secondary N) is 2. The van der Waals surface area contributed by atoms with E-state index in [9.17, 15) is 4.79 Å². The Morgan fingerprint density at radius 1 is 1.10 bits per heavy atom. The van der Waals surface area contributed by atoms with Crippen molar-refractivity contribution in [3.05, 3.63) is 58.1 Å². The summed E-state index contributed by atoms with van der Waals surface area (Å²) < 4.78 is 10.9. The minimum Gasteiger partial charge on any atom is -0.493 e. The summed E-state index contributed by atoms with van der Waals surface area (Å²) in [6.45, 7) is 3.49. The molecule has 2 aromatic carbocycles. The fourth-order valence-electron chi connectivity index (χ4n) is 2.78. The van der Waals surface area contributed by atoms with Crippen LogP contribution in [0.3, 0.4) is 0 Å². The molecule has 0 saturated carbocycles. The number of amides is 1. The number of guanidine groups is 1. The van der Waals surface area contributed by atoms with Gasteiger partial charge in [0.25, 0.3) is 5.91 Å². The first-order valence-corrected chi connectivity index (χ1v) is 10.0. The number of rotatable bonds is 8. The zero-order chi connectivity index (χ0) is 22.1. The van der Waals surface area contributed by atoms with Crippen LogP contribution in [-0.4, -0.2) is 51.6 Å². The Morgan fingerprint density at radius 3 is 2.23 bits per heavy atom. The average Bonchev–Trinajstić information content (AvgIpc) is 2.75. The summed E-state index contributed by atoms with van der Waals surface area (Å²) in [5.41, 5.74) is 2.64. The molecule has 0 aliphatic heterocycles. The molecule has 0 aliphatic carbocycles. The normalized spacial score (nSPS) is 10.7. The van der Waals surface area contributed by atoms with Gasteiger partial charge in [-0.25, -0.2) is 0 Å². The van der Waals surface area contributed by atoms with Gasteiger partial charge in [0, 0.05) is 39.8 Å². The quantitative estimate of drug-likeness (QED) is 0.291. The summed E-state index contributed by atoms with van der Waals surface area (Å²) in [5.74, 6) is 1.77. The third-order valence-corrected chi connectivity index (χ3v) is 4.61. The van der Waals surface area contributed by atoms with Crippen LogP contribution in [0.1, 0.15) is 28.4 Å². The maximum absolute atomic E-state index is 12.0. The molecule has 1 amide bonds. The minimum absolute atomic E-state index is 0. The minimum atomic E-state index is -0.0172. The highest BCUT2D eigenvalue weighted by Gasteiger charge is 2.12. The molecule has 31 heavy (non-hydrogen) atoms.